The number of carbonyl (C=O) groups excluding carboxylic acids is 1. The Morgan fingerprint density at radius 1 is 1.07 bits per heavy atom. The van der Waals surface area contributed by atoms with Crippen molar-refractivity contribution in [2.45, 2.75) is 26.4 Å². The quantitative estimate of drug-likeness (QED) is 0.678. The molecule has 0 saturated carbocycles. The molecule has 0 spiro atoms. The van der Waals surface area contributed by atoms with Crippen molar-refractivity contribution >= 4 is 17.5 Å². The second-order valence-corrected chi connectivity index (χ2v) is 6.81. The first-order valence-electron chi connectivity index (χ1n) is 8.74. The number of aryl methyl sites for hydroxylation is 1. The van der Waals surface area contributed by atoms with E-state index in [-0.39, 0.29) is 5.91 Å². The lowest BCUT2D eigenvalue weighted by Crippen LogP contribution is -2.39. The molecule has 1 amide bonds. The van der Waals surface area contributed by atoms with Gasteiger partial charge in [-0.3, -0.25) is 4.79 Å². The van der Waals surface area contributed by atoms with Gasteiger partial charge in [0.1, 0.15) is 5.75 Å². The molecule has 0 radical (unpaired) electrons. The Balaban J connectivity index is 1.94. The van der Waals surface area contributed by atoms with Gasteiger partial charge in [0.2, 0.25) is 0 Å². The van der Waals surface area contributed by atoms with Crippen LogP contribution in [0.4, 0.5) is 0 Å². The lowest BCUT2D eigenvalue weighted by Gasteiger charge is -2.23. The van der Waals surface area contributed by atoms with E-state index in [1.807, 2.05) is 31.2 Å². The molecule has 2 aromatic rings. The molecular formula is C21H26ClNO4. The highest BCUT2D eigenvalue weighted by molar-refractivity contribution is 6.30. The van der Waals surface area contributed by atoms with Crippen LogP contribution in [-0.2, 0) is 11.2 Å². The average molecular weight is 392 g/mol. The number of carbonyl (C=O) groups is 1. The number of halogens is 1. The third-order valence-electron chi connectivity index (χ3n) is 4.35. The van der Waals surface area contributed by atoms with E-state index in [1.54, 1.807) is 45.2 Å². The van der Waals surface area contributed by atoms with E-state index >= 15 is 0 Å². The van der Waals surface area contributed by atoms with Gasteiger partial charge in [-0.15, -0.1) is 0 Å². The van der Waals surface area contributed by atoms with E-state index in [1.165, 1.54) is 0 Å². The van der Waals surface area contributed by atoms with Crippen molar-refractivity contribution in [3.05, 3.63) is 52.5 Å². The zero-order chi connectivity index (χ0) is 20.0. The van der Waals surface area contributed by atoms with Crippen LogP contribution in [0.3, 0.4) is 0 Å². The van der Waals surface area contributed by atoms with Gasteiger partial charge in [-0.1, -0.05) is 17.7 Å². The Morgan fingerprint density at radius 3 is 2.37 bits per heavy atom. The summed E-state index contributed by atoms with van der Waals surface area (Å²) in [5, 5.41) is 0.644. The molecule has 2 aromatic carbocycles. The zero-order valence-electron chi connectivity index (χ0n) is 16.4. The van der Waals surface area contributed by atoms with Crippen LogP contribution in [0.2, 0.25) is 5.02 Å². The monoisotopic (exact) mass is 391 g/mol. The molecule has 0 heterocycles. The van der Waals surface area contributed by atoms with Crippen LogP contribution in [0.5, 0.6) is 17.2 Å². The fraction of sp³-hybridized carbons (Fsp3) is 0.381. The van der Waals surface area contributed by atoms with E-state index in [9.17, 15) is 4.79 Å². The SMILES string of the molecule is COc1ccc(CCN(C)C(=O)C(C)Oc2ccc(Cl)cc2C)cc1OC. The second-order valence-electron chi connectivity index (χ2n) is 6.37. The topological polar surface area (TPSA) is 48.0 Å². The molecule has 0 aliphatic heterocycles. The molecule has 27 heavy (non-hydrogen) atoms. The zero-order valence-corrected chi connectivity index (χ0v) is 17.2. The van der Waals surface area contributed by atoms with E-state index in [2.05, 4.69) is 0 Å². The van der Waals surface area contributed by atoms with Gasteiger partial charge in [-0.25, -0.2) is 0 Å². The number of hydrogen-bond donors (Lipinski definition) is 0. The van der Waals surface area contributed by atoms with Crippen LogP contribution in [-0.4, -0.2) is 44.7 Å². The number of rotatable bonds is 8. The first-order chi connectivity index (χ1) is 12.8. The van der Waals surface area contributed by atoms with Gasteiger partial charge in [-0.05, 0) is 61.7 Å². The predicted octanol–water partition coefficient (Wildman–Crippen LogP) is 4.13. The molecule has 6 heteroatoms. The van der Waals surface area contributed by atoms with Crippen molar-refractivity contribution in [3.63, 3.8) is 0 Å². The van der Waals surface area contributed by atoms with E-state index in [0.717, 1.165) is 11.1 Å². The summed E-state index contributed by atoms with van der Waals surface area (Å²) in [6.45, 7) is 4.23. The average Bonchev–Trinajstić information content (AvgIpc) is 2.67. The Kier molecular flexibility index (Phi) is 7.36. The van der Waals surface area contributed by atoms with Gasteiger partial charge in [0, 0.05) is 18.6 Å². The Morgan fingerprint density at radius 2 is 1.74 bits per heavy atom. The highest BCUT2D eigenvalue weighted by atomic mass is 35.5. The molecule has 0 aromatic heterocycles. The van der Waals surface area contributed by atoms with E-state index in [4.69, 9.17) is 25.8 Å². The summed E-state index contributed by atoms with van der Waals surface area (Å²) in [5.41, 5.74) is 1.96. The number of ether oxygens (including phenoxy) is 3. The summed E-state index contributed by atoms with van der Waals surface area (Å²) < 4.78 is 16.4. The molecular weight excluding hydrogens is 366 g/mol. The second kappa shape index (κ2) is 9.51. The summed E-state index contributed by atoms with van der Waals surface area (Å²) in [4.78, 5) is 14.3. The number of likely N-dealkylation sites (N-methyl/N-ethyl adjacent to an activating group) is 1. The van der Waals surface area contributed by atoms with Crippen LogP contribution in [0.25, 0.3) is 0 Å². The normalized spacial score (nSPS) is 11.6. The van der Waals surface area contributed by atoms with Crippen LogP contribution in [0.1, 0.15) is 18.1 Å². The maximum Gasteiger partial charge on any atom is 0.263 e. The Labute approximate surface area is 165 Å². The standard InChI is InChI=1S/C21H26ClNO4/c1-14-12-17(22)7-9-18(14)27-15(2)21(24)23(3)11-10-16-6-8-19(25-4)20(13-16)26-5/h6-9,12-13,15H,10-11H2,1-5H3. The molecule has 0 bridgehead atoms. The number of benzene rings is 2. The minimum absolute atomic E-state index is 0.0789. The van der Waals surface area contributed by atoms with Crippen molar-refractivity contribution in [1.82, 2.24) is 4.90 Å². The number of methoxy groups -OCH3 is 2. The van der Waals surface area contributed by atoms with Crippen LogP contribution >= 0.6 is 11.6 Å². The molecule has 0 aliphatic rings. The minimum atomic E-state index is -0.583. The van der Waals surface area contributed by atoms with Crippen LogP contribution < -0.4 is 14.2 Å². The largest absolute Gasteiger partial charge is 0.493 e. The maximum atomic E-state index is 12.6. The maximum absolute atomic E-state index is 12.6. The molecule has 0 saturated heterocycles. The number of hydrogen-bond acceptors (Lipinski definition) is 4. The third kappa shape index (κ3) is 5.54. The van der Waals surface area contributed by atoms with Gasteiger partial charge >= 0.3 is 0 Å². The Bertz CT molecular complexity index is 794. The lowest BCUT2D eigenvalue weighted by molar-refractivity contribution is -0.136. The van der Waals surface area contributed by atoms with Gasteiger partial charge in [0.25, 0.3) is 5.91 Å². The van der Waals surface area contributed by atoms with Gasteiger partial charge < -0.3 is 19.1 Å². The fourth-order valence-corrected chi connectivity index (χ4v) is 2.97. The highest BCUT2D eigenvalue weighted by Gasteiger charge is 2.20. The number of nitrogens with zero attached hydrogens (tertiary/aromatic N) is 1. The molecule has 2 rings (SSSR count). The summed E-state index contributed by atoms with van der Waals surface area (Å²) in [7, 11) is 4.99. The Hall–Kier alpha value is -2.40. The first-order valence-corrected chi connectivity index (χ1v) is 9.12. The van der Waals surface area contributed by atoms with Gasteiger partial charge in [0.15, 0.2) is 17.6 Å². The molecule has 1 unspecified atom stereocenters. The van der Waals surface area contributed by atoms with Crippen molar-refractivity contribution in [2.24, 2.45) is 0 Å². The van der Waals surface area contributed by atoms with Gasteiger partial charge in [-0.2, -0.15) is 0 Å². The van der Waals surface area contributed by atoms with Crippen molar-refractivity contribution in [3.8, 4) is 17.2 Å². The fourth-order valence-electron chi connectivity index (χ4n) is 2.74. The van der Waals surface area contributed by atoms with E-state index in [0.29, 0.717) is 35.2 Å². The molecule has 0 N–H and O–H groups in total. The third-order valence-corrected chi connectivity index (χ3v) is 4.58. The van der Waals surface area contributed by atoms with Crippen molar-refractivity contribution in [1.29, 1.82) is 0 Å². The smallest absolute Gasteiger partial charge is 0.263 e. The highest BCUT2D eigenvalue weighted by Crippen LogP contribution is 2.28. The minimum Gasteiger partial charge on any atom is -0.493 e. The van der Waals surface area contributed by atoms with Crippen molar-refractivity contribution < 1.29 is 19.0 Å². The van der Waals surface area contributed by atoms with Crippen molar-refractivity contribution in [2.75, 3.05) is 27.8 Å². The van der Waals surface area contributed by atoms with E-state index < -0.39 is 6.10 Å². The van der Waals surface area contributed by atoms with Gasteiger partial charge in [0.05, 0.1) is 14.2 Å². The number of amides is 1. The summed E-state index contributed by atoms with van der Waals surface area (Å²) in [6, 6.07) is 11.1. The molecule has 0 aliphatic carbocycles. The predicted molar refractivity (Wildman–Crippen MR) is 107 cm³/mol. The molecule has 146 valence electrons. The molecule has 1 atom stereocenters. The first kappa shape index (κ1) is 20.9. The molecule has 5 nitrogen and oxygen atoms in total. The summed E-state index contributed by atoms with van der Waals surface area (Å²) >= 11 is 5.96. The lowest BCUT2D eigenvalue weighted by atomic mass is 10.1. The van der Waals surface area contributed by atoms with Crippen LogP contribution in [0, 0.1) is 6.92 Å². The van der Waals surface area contributed by atoms with Crippen LogP contribution in [0.15, 0.2) is 36.4 Å². The summed E-state index contributed by atoms with van der Waals surface area (Å²) in [5.74, 6) is 1.95. The molecule has 0 fully saturated rings. The summed E-state index contributed by atoms with van der Waals surface area (Å²) in [6.07, 6.45) is 0.121.